The number of hydrogen-bond donors (Lipinski definition) is 0. The summed E-state index contributed by atoms with van der Waals surface area (Å²) >= 11 is 0. The van der Waals surface area contributed by atoms with E-state index in [4.69, 9.17) is 19.4 Å². The van der Waals surface area contributed by atoms with E-state index in [-0.39, 0.29) is 0 Å². The van der Waals surface area contributed by atoms with Crippen LogP contribution in [0.4, 0.5) is 0 Å². The van der Waals surface area contributed by atoms with Gasteiger partial charge in [-0.2, -0.15) is 0 Å². The molecule has 0 fully saturated rings. The lowest BCUT2D eigenvalue weighted by molar-refractivity contribution is -1.47. The summed E-state index contributed by atoms with van der Waals surface area (Å²) in [6.45, 7) is 10.4. The van der Waals surface area contributed by atoms with Crippen LogP contribution in [0, 0.1) is 0 Å². The van der Waals surface area contributed by atoms with Crippen molar-refractivity contribution in [2.24, 2.45) is 0 Å². The molecule has 0 spiro atoms. The van der Waals surface area contributed by atoms with Crippen molar-refractivity contribution in [2.75, 3.05) is 19.8 Å². The van der Waals surface area contributed by atoms with Crippen molar-refractivity contribution in [1.82, 2.24) is 0 Å². The highest BCUT2D eigenvalue weighted by molar-refractivity contribution is 4.41. The van der Waals surface area contributed by atoms with Gasteiger partial charge in [-0.15, -0.1) is 0 Å². The van der Waals surface area contributed by atoms with Gasteiger partial charge in [0.2, 0.25) is 0 Å². The monoisotopic (exact) mass is 206 g/mol. The van der Waals surface area contributed by atoms with Gasteiger partial charge < -0.3 is 0 Å². The maximum Gasteiger partial charge on any atom is 0.290 e. The molecule has 0 amide bonds. The Kier molecular flexibility index (Phi) is 7.41. The molecule has 5 heteroatoms. The Morgan fingerprint density at radius 2 is 1.64 bits per heavy atom. The van der Waals surface area contributed by atoms with Crippen LogP contribution >= 0.6 is 0 Å². The van der Waals surface area contributed by atoms with Crippen LogP contribution in [0.3, 0.4) is 0 Å². The van der Waals surface area contributed by atoms with E-state index < -0.39 is 5.14 Å². The molecule has 0 bridgehead atoms. The third-order valence-corrected chi connectivity index (χ3v) is 1.23. The average molecular weight is 206 g/mol. The van der Waals surface area contributed by atoms with Crippen LogP contribution in [0.5, 0.6) is 0 Å². The third kappa shape index (κ3) is 4.57. The van der Waals surface area contributed by atoms with Gasteiger partial charge in [-0.3, -0.25) is 0 Å². The van der Waals surface area contributed by atoms with Gasteiger partial charge in [0, 0.05) is 0 Å². The third-order valence-electron chi connectivity index (χ3n) is 1.23. The Balaban J connectivity index is 4.28. The molecule has 0 rings (SSSR count). The molecule has 5 nitrogen and oxygen atoms in total. The Morgan fingerprint density at radius 3 is 2.00 bits per heavy atom. The minimum atomic E-state index is -0.732. The molecule has 0 aromatic rings. The summed E-state index contributed by atoms with van der Waals surface area (Å²) in [4.78, 5) is 20.8. The Hall–Kier alpha value is -0.620. The first-order chi connectivity index (χ1) is 6.74. The van der Waals surface area contributed by atoms with Crippen molar-refractivity contribution in [3.63, 3.8) is 0 Å². The van der Waals surface area contributed by atoms with Crippen LogP contribution in [-0.2, 0) is 19.4 Å². The van der Waals surface area contributed by atoms with Crippen molar-refractivity contribution in [3.8, 4) is 0 Å². The molecule has 0 heterocycles. The van der Waals surface area contributed by atoms with Gasteiger partial charge in [-0.25, -0.2) is 4.84 Å². The molecule has 0 saturated carbocycles. The first-order valence-corrected chi connectivity index (χ1v) is 4.86. The van der Waals surface area contributed by atoms with Gasteiger partial charge in [0.05, 0.1) is 0 Å². The number of quaternary nitrogens is 1. The topological polar surface area (TPSA) is 36.9 Å². The van der Waals surface area contributed by atoms with Crippen molar-refractivity contribution in [3.05, 3.63) is 12.8 Å². The van der Waals surface area contributed by atoms with E-state index in [1.54, 1.807) is 0 Å². The molecule has 0 saturated heterocycles. The van der Waals surface area contributed by atoms with Gasteiger partial charge in [-0.1, -0.05) is 28.0 Å². The summed E-state index contributed by atoms with van der Waals surface area (Å²) in [5.41, 5.74) is 0. The summed E-state index contributed by atoms with van der Waals surface area (Å²) in [5, 5.41) is -0.732. The second kappa shape index (κ2) is 7.75. The minimum absolute atomic E-state index is 0.414. The first-order valence-electron chi connectivity index (χ1n) is 4.86. The largest absolute Gasteiger partial charge is 0.290 e. The zero-order valence-corrected chi connectivity index (χ0v) is 9.19. The predicted octanol–water partition coefficient (Wildman–Crippen LogP) is 2.12. The van der Waals surface area contributed by atoms with Gasteiger partial charge in [0.15, 0.2) is 6.26 Å². The maximum atomic E-state index is 5.30. The molecule has 0 unspecified atom stereocenters. The van der Waals surface area contributed by atoms with E-state index in [0.29, 0.717) is 19.8 Å². The van der Waals surface area contributed by atoms with E-state index >= 15 is 0 Å². The van der Waals surface area contributed by atoms with Crippen LogP contribution in [0.1, 0.15) is 27.2 Å². The van der Waals surface area contributed by atoms with Crippen molar-refractivity contribution in [2.45, 2.75) is 27.2 Å². The van der Waals surface area contributed by atoms with Crippen LogP contribution in [-0.4, -0.2) is 25.0 Å². The summed E-state index contributed by atoms with van der Waals surface area (Å²) < 4.78 is 0. The van der Waals surface area contributed by atoms with Gasteiger partial charge >= 0.3 is 0 Å². The highest BCUT2D eigenvalue weighted by Gasteiger charge is 2.37. The molecule has 84 valence electrons. The Morgan fingerprint density at radius 1 is 1.07 bits per heavy atom. The highest BCUT2D eigenvalue weighted by atomic mass is 17.4. The zero-order valence-electron chi connectivity index (χ0n) is 9.19. The summed E-state index contributed by atoms with van der Waals surface area (Å²) in [6, 6.07) is 0. The lowest BCUT2D eigenvalue weighted by atomic mass is 10.5. The Bertz CT molecular complexity index is 146. The minimum Gasteiger partial charge on any atom is -0.216 e. The standard InChI is InChI=1S/C9H20NO4/c1-5-9-14-10(11-6-2,12-7-3)13-8-4/h6H,2,5,7-9H2,1,3-4H3/q+1. The van der Waals surface area contributed by atoms with Gasteiger partial charge in [0.25, 0.3) is 5.14 Å². The molecule has 0 atom stereocenters. The van der Waals surface area contributed by atoms with Crippen LogP contribution in [0.25, 0.3) is 0 Å². The zero-order chi connectivity index (χ0) is 10.9. The molecule has 0 aromatic heterocycles. The quantitative estimate of drug-likeness (QED) is 0.329. The Labute approximate surface area is 85.2 Å². The second-order valence-electron chi connectivity index (χ2n) is 2.39. The van der Waals surface area contributed by atoms with E-state index in [0.717, 1.165) is 6.42 Å². The molecule has 0 N–H and O–H groups in total. The second-order valence-corrected chi connectivity index (χ2v) is 2.39. The number of nitrogens with zero attached hydrogens (tertiary/aromatic N) is 1. The van der Waals surface area contributed by atoms with E-state index in [1.165, 1.54) is 6.26 Å². The van der Waals surface area contributed by atoms with Crippen molar-refractivity contribution < 1.29 is 24.5 Å². The van der Waals surface area contributed by atoms with Crippen LogP contribution in [0.15, 0.2) is 12.8 Å². The predicted molar refractivity (Wildman–Crippen MR) is 51.0 cm³/mol. The van der Waals surface area contributed by atoms with Crippen molar-refractivity contribution >= 4 is 0 Å². The lowest BCUT2D eigenvalue weighted by Crippen LogP contribution is -2.46. The molecular formula is C9H20NO4+. The van der Waals surface area contributed by atoms with Crippen LogP contribution in [0.2, 0.25) is 0 Å². The van der Waals surface area contributed by atoms with Gasteiger partial charge in [-0.05, 0) is 20.3 Å². The lowest BCUT2D eigenvalue weighted by Gasteiger charge is -2.23. The summed E-state index contributed by atoms with van der Waals surface area (Å²) in [7, 11) is 0. The number of hydrogen-bond acceptors (Lipinski definition) is 4. The van der Waals surface area contributed by atoms with Crippen LogP contribution < -0.4 is 0 Å². The molecular weight excluding hydrogens is 186 g/mol. The summed E-state index contributed by atoms with van der Waals surface area (Å²) in [6.07, 6.45) is 2.07. The highest BCUT2D eigenvalue weighted by Crippen LogP contribution is 2.13. The van der Waals surface area contributed by atoms with Gasteiger partial charge in [0.1, 0.15) is 19.8 Å². The average Bonchev–Trinajstić information content (AvgIpc) is 2.16. The number of rotatable bonds is 9. The van der Waals surface area contributed by atoms with E-state index in [2.05, 4.69) is 6.58 Å². The normalized spacial score (nSPS) is 11.4. The fraction of sp³-hybridized carbons (Fsp3) is 0.778. The fourth-order valence-corrected chi connectivity index (χ4v) is 0.814. The molecule has 14 heavy (non-hydrogen) atoms. The smallest absolute Gasteiger partial charge is 0.216 e. The molecule has 0 aliphatic rings. The summed E-state index contributed by atoms with van der Waals surface area (Å²) in [5.74, 6) is 0. The van der Waals surface area contributed by atoms with Crippen molar-refractivity contribution in [1.29, 1.82) is 0 Å². The molecule has 0 aliphatic heterocycles. The molecule has 0 radical (unpaired) electrons. The van der Waals surface area contributed by atoms with E-state index in [9.17, 15) is 0 Å². The first kappa shape index (κ1) is 13.4. The maximum absolute atomic E-state index is 5.30. The SMILES string of the molecule is C=CO[N+](OCC)(OCC)OCCC. The van der Waals surface area contributed by atoms with E-state index in [1.807, 2.05) is 20.8 Å². The molecule has 0 aliphatic carbocycles. The molecule has 0 aromatic carbocycles. The fourth-order valence-electron chi connectivity index (χ4n) is 0.814.